The number of aliphatic hydroxyl groups excluding tert-OH is 1. The number of aliphatic hydroxyl groups is 1. The van der Waals surface area contributed by atoms with Crippen molar-refractivity contribution in [1.82, 2.24) is 25.2 Å². The lowest BCUT2D eigenvalue weighted by atomic mass is 10.1. The molecule has 0 aliphatic carbocycles. The van der Waals surface area contributed by atoms with Gasteiger partial charge >= 0.3 is 6.09 Å². The molecular formula is C32H50N7O5Si+. The van der Waals surface area contributed by atoms with Crippen molar-refractivity contribution in [1.29, 1.82) is 0 Å². The van der Waals surface area contributed by atoms with E-state index in [1.54, 1.807) is 27.8 Å². The van der Waals surface area contributed by atoms with Crippen LogP contribution in [0.2, 0.25) is 19.6 Å². The van der Waals surface area contributed by atoms with Crippen LogP contribution in [0.1, 0.15) is 44.9 Å². The standard InChI is InChI=1S/C32H49N7O5Si/c1-21-27(28-22(2)39(37-36-28)20-45(7,8)9)34-30(35-29(21)33-24-13-15-42-16-14-24)23-11-10-12-26(17-23)43-19-25(40)18-38(6)31(41)44-32(3,4)5/h10-12,17,24-25,40H,13-16,18-20H2,1-9H3,(H,33,34,35)/p+1. The molecule has 12 nitrogen and oxygen atoms in total. The van der Waals surface area contributed by atoms with E-state index in [1.807, 2.05) is 31.2 Å². The number of H-pyrrole nitrogens is 1. The van der Waals surface area contributed by atoms with Crippen LogP contribution in [-0.2, 0) is 15.6 Å². The molecule has 45 heavy (non-hydrogen) atoms. The first-order valence-corrected chi connectivity index (χ1v) is 19.3. The predicted octanol–water partition coefficient (Wildman–Crippen LogP) is 4.51. The summed E-state index contributed by atoms with van der Waals surface area (Å²) in [7, 11) is 0.183. The van der Waals surface area contributed by atoms with Gasteiger partial charge in [-0.25, -0.2) is 14.8 Å². The van der Waals surface area contributed by atoms with E-state index in [1.165, 1.54) is 4.90 Å². The highest BCUT2D eigenvalue weighted by atomic mass is 28.3. The molecule has 0 spiro atoms. The lowest BCUT2D eigenvalue weighted by molar-refractivity contribution is -0.744. The maximum absolute atomic E-state index is 12.3. The van der Waals surface area contributed by atoms with Crippen LogP contribution in [0.3, 0.4) is 0 Å². The molecule has 1 atom stereocenters. The smallest absolute Gasteiger partial charge is 0.410 e. The third-order valence-corrected chi connectivity index (χ3v) is 8.58. The summed E-state index contributed by atoms with van der Waals surface area (Å²) in [5, 5.41) is 22.1. The van der Waals surface area contributed by atoms with Gasteiger partial charge in [0.25, 0.3) is 5.69 Å². The summed E-state index contributed by atoms with van der Waals surface area (Å²) in [6.45, 7) is 18.0. The minimum Gasteiger partial charge on any atom is -0.491 e. The molecule has 1 amide bonds. The summed E-state index contributed by atoms with van der Waals surface area (Å²) >= 11 is 0. The summed E-state index contributed by atoms with van der Waals surface area (Å²) in [6, 6.07) is 7.75. The Morgan fingerprint density at radius 3 is 2.58 bits per heavy atom. The minimum absolute atomic E-state index is 0.00327. The Morgan fingerprint density at radius 2 is 1.91 bits per heavy atom. The number of aromatic amines is 1. The van der Waals surface area contributed by atoms with Gasteiger partial charge < -0.3 is 29.5 Å². The van der Waals surface area contributed by atoms with E-state index < -0.39 is 25.9 Å². The first-order chi connectivity index (χ1) is 21.1. The molecule has 3 N–H and O–H groups in total. The molecule has 1 aromatic carbocycles. The summed E-state index contributed by atoms with van der Waals surface area (Å²) < 4.78 is 19.0. The Hall–Kier alpha value is -3.55. The first kappa shape index (κ1) is 34.3. The Bertz CT molecular complexity index is 1460. The van der Waals surface area contributed by atoms with Gasteiger partial charge in [0.05, 0.1) is 20.8 Å². The van der Waals surface area contributed by atoms with Gasteiger partial charge in [-0.05, 0) is 52.7 Å². The van der Waals surface area contributed by atoms with Gasteiger partial charge in [-0.3, -0.25) is 0 Å². The average Bonchev–Trinajstić information content (AvgIpc) is 3.30. The number of carbonyl (C=O) groups is 1. The highest BCUT2D eigenvalue weighted by molar-refractivity contribution is 6.74. The van der Waals surface area contributed by atoms with Crippen molar-refractivity contribution >= 4 is 20.0 Å². The Labute approximate surface area is 267 Å². The lowest BCUT2D eigenvalue weighted by Crippen LogP contribution is -2.49. The van der Waals surface area contributed by atoms with E-state index in [-0.39, 0.29) is 19.2 Å². The number of ether oxygens (including phenoxy) is 3. The fourth-order valence-corrected chi connectivity index (χ4v) is 6.26. The molecule has 1 unspecified atom stereocenters. The van der Waals surface area contributed by atoms with Crippen LogP contribution in [0.15, 0.2) is 24.3 Å². The molecule has 1 aliphatic heterocycles. The zero-order valence-corrected chi connectivity index (χ0v) is 29.2. The summed E-state index contributed by atoms with van der Waals surface area (Å²) in [5.41, 5.74) is 3.69. The molecular weight excluding hydrogens is 590 g/mol. The van der Waals surface area contributed by atoms with Crippen molar-refractivity contribution in [3.8, 4) is 28.5 Å². The van der Waals surface area contributed by atoms with E-state index in [0.717, 1.165) is 66.2 Å². The number of hydrogen-bond donors (Lipinski definition) is 3. The molecule has 0 saturated carbocycles. The molecule has 246 valence electrons. The number of aromatic nitrogens is 5. The highest BCUT2D eigenvalue weighted by Crippen LogP contribution is 2.31. The van der Waals surface area contributed by atoms with Gasteiger partial charge in [0.2, 0.25) is 0 Å². The van der Waals surface area contributed by atoms with Crippen molar-refractivity contribution in [2.45, 2.75) is 91.0 Å². The number of rotatable bonds is 11. The van der Waals surface area contributed by atoms with Crippen molar-refractivity contribution in [2.75, 3.05) is 38.7 Å². The number of anilines is 1. The van der Waals surface area contributed by atoms with Crippen LogP contribution in [0, 0.1) is 13.8 Å². The molecule has 4 rings (SSSR count). The molecule has 0 radical (unpaired) electrons. The fourth-order valence-electron chi connectivity index (χ4n) is 5.00. The van der Waals surface area contributed by atoms with E-state index in [2.05, 4.69) is 41.8 Å². The van der Waals surface area contributed by atoms with Crippen molar-refractivity contribution in [3.63, 3.8) is 0 Å². The van der Waals surface area contributed by atoms with Crippen LogP contribution >= 0.6 is 0 Å². The molecule has 3 heterocycles. The quantitative estimate of drug-likeness (QED) is 0.204. The zero-order valence-electron chi connectivity index (χ0n) is 28.2. The van der Waals surface area contributed by atoms with E-state index in [9.17, 15) is 9.90 Å². The van der Waals surface area contributed by atoms with Gasteiger partial charge in [-0.2, -0.15) is 4.68 Å². The van der Waals surface area contributed by atoms with Gasteiger partial charge in [0, 0.05) is 49.5 Å². The molecule has 1 aliphatic rings. The van der Waals surface area contributed by atoms with E-state index in [0.29, 0.717) is 11.6 Å². The van der Waals surface area contributed by atoms with Crippen molar-refractivity contribution < 1.29 is 28.8 Å². The average molecular weight is 641 g/mol. The predicted molar refractivity (Wildman–Crippen MR) is 176 cm³/mol. The van der Waals surface area contributed by atoms with Gasteiger partial charge in [-0.1, -0.05) is 37.0 Å². The lowest BCUT2D eigenvalue weighted by Gasteiger charge is -2.26. The topological polar surface area (TPSA) is 139 Å². The fraction of sp³-hybridized carbons (Fsp3) is 0.594. The second kappa shape index (κ2) is 14.3. The Balaban J connectivity index is 1.59. The third-order valence-electron chi connectivity index (χ3n) is 7.32. The zero-order chi connectivity index (χ0) is 32.9. The molecule has 2 aromatic heterocycles. The van der Waals surface area contributed by atoms with E-state index >= 15 is 0 Å². The van der Waals surface area contributed by atoms with Crippen LogP contribution in [-0.4, -0.2) is 95.6 Å². The maximum Gasteiger partial charge on any atom is 0.410 e. The molecule has 1 fully saturated rings. The molecule has 3 aromatic rings. The largest absolute Gasteiger partial charge is 0.491 e. The third kappa shape index (κ3) is 9.72. The van der Waals surface area contributed by atoms with Crippen LogP contribution in [0.4, 0.5) is 10.6 Å². The number of likely N-dealkylation sites (N-methyl/N-ethyl adjacent to an activating group) is 1. The summed E-state index contributed by atoms with van der Waals surface area (Å²) in [5.74, 6) is 1.87. The number of carbonyl (C=O) groups excluding carboxylic acids is 1. The number of amides is 1. The normalized spacial score (nSPS) is 15.1. The van der Waals surface area contributed by atoms with E-state index in [4.69, 9.17) is 29.3 Å². The second-order valence-electron chi connectivity index (χ2n) is 14.0. The number of nitrogens with one attached hydrogen (secondary N) is 2. The second-order valence-corrected chi connectivity index (χ2v) is 19.5. The summed E-state index contributed by atoms with van der Waals surface area (Å²) in [6.07, 6.45) is 1.32. The van der Waals surface area contributed by atoms with Gasteiger partial charge in [-0.15, -0.1) is 0 Å². The number of benzene rings is 1. The van der Waals surface area contributed by atoms with Crippen LogP contribution in [0.5, 0.6) is 5.75 Å². The summed E-state index contributed by atoms with van der Waals surface area (Å²) in [4.78, 5) is 23.6. The monoisotopic (exact) mass is 640 g/mol. The molecule has 1 saturated heterocycles. The van der Waals surface area contributed by atoms with Crippen molar-refractivity contribution in [3.05, 3.63) is 35.5 Å². The SMILES string of the molecule is Cc1c(NC2CCOCC2)nc(-c2cccc(OCC(O)CN(C)C(=O)OC(C)(C)C)c2)nc1-c1n[nH][n+](C[Si](C)(C)C)c1C. The Morgan fingerprint density at radius 1 is 1.20 bits per heavy atom. The minimum atomic E-state index is -1.40. The number of nitrogens with zero attached hydrogens (tertiary/aromatic N) is 5. The van der Waals surface area contributed by atoms with Gasteiger partial charge in [0.1, 0.15) is 35.6 Å². The van der Waals surface area contributed by atoms with Crippen molar-refractivity contribution in [2.24, 2.45) is 0 Å². The van der Waals surface area contributed by atoms with Crippen LogP contribution in [0.25, 0.3) is 22.8 Å². The first-order valence-electron chi connectivity index (χ1n) is 15.6. The molecule has 0 bridgehead atoms. The van der Waals surface area contributed by atoms with Crippen LogP contribution < -0.4 is 14.7 Å². The van der Waals surface area contributed by atoms with Gasteiger partial charge in [0.15, 0.2) is 11.5 Å². The highest BCUT2D eigenvalue weighted by Gasteiger charge is 2.29. The number of hydrogen-bond acceptors (Lipinski definition) is 9. The molecule has 13 heteroatoms. The maximum atomic E-state index is 12.3. The Kier molecular flexibility index (Phi) is 10.9.